The van der Waals surface area contributed by atoms with E-state index in [0.717, 1.165) is 11.5 Å². The molecule has 3 amide bonds. The Morgan fingerprint density at radius 2 is 2.10 bits per heavy atom. The number of nitrogens with one attached hydrogen (secondary N) is 2. The Labute approximate surface area is 115 Å². The summed E-state index contributed by atoms with van der Waals surface area (Å²) < 4.78 is 42.2. The van der Waals surface area contributed by atoms with Gasteiger partial charge in [0.25, 0.3) is 5.91 Å². The first kappa shape index (κ1) is 14.5. The van der Waals surface area contributed by atoms with Gasteiger partial charge in [0.2, 0.25) is 5.54 Å². The Morgan fingerprint density at radius 3 is 2.60 bits per heavy atom. The Balaban J connectivity index is 2.27. The minimum Gasteiger partial charge on any atom is -0.377 e. The zero-order valence-electron chi connectivity index (χ0n) is 10.4. The van der Waals surface area contributed by atoms with Crippen LogP contribution in [-0.4, -0.2) is 45.2 Å². The zero-order chi connectivity index (χ0) is 15.1. The van der Waals surface area contributed by atoms with Crippen molar-refractivity contribution in [3.63, 3.8) is 0 Å². The number of hydrogen-bond acceptors (Lipinski definition) is 6. The van der Waals surface area contributed by atoms with E-state index in [-0.39, 0.29) is 12.2 Å². The van der Waals surface area contributed by atoms with Crippen LogP contribution in [0.5, 0.6) is 0 Å². The number of rotatable bonds is 3. The summed E-state index contributed by atoms with van der Waals surface area (Å²) in [6.07, 6.45) is -4.87. The Morgan fingerprint density at radius 1 is 1.45 bits per heavy atom. The van der Waals surface area contributed by atoms with E-state index in [2.05, 4.69) is 14.9 Å². The Kier molecular flexibility index (Phi) is 3.32. The molecule has 2 N–H and O–H groups in total. The van der Waals surface area contributed by atoms with E-state index in [1.54, 1.807) is 12.4 Å². The molecule has 0 spiro atoms. The second kappa shape index (κ2) is 4.58. The number of nitrogens with zero attached hydrogens (tertiary/aromatic N) is 3. The molecule has 0 saturated carbocycles. The molecule has 1 atom stereocenters. The average Bonchev–Trinajstić information content (AvgIpc) is 2.87. The van der Waals surface area contributed by atoms with Crippen LogP contribution in [0.25, 0.3) is 0 Å². The topological polar surface area (TPSA) is 87.2 Å². The van der Waals surface area contributed by atoms with Crippen molar-refractivity contribution in [3.8, 4) is 0 Å². The molecule has 0 radical (unpaired) electrons. The third-order valence-corrected chi connectivity index (χ3v) is 3.72. The molecule has 2 heterocycles. The summed E-state index contributed by atoms with van der Waals surface area (Å²) in [6.45, 7) is 0.258. The van der Waals surface area contributed by atoms with E-state index < -0.39 is 23.7 Å². The highest BCUT2D eigenvalue weighted by Gasteiger charge is 2.64. The van der Waals surface area contributed by atoms with Crippen LogP contribution < -0.4 is 10.6 Å². The summed E-state index contributed by atoms with van der Waals surface area (Å²) >= 11 is 0.977. The van der Waals surface area contributed by atoms with Crippen molar-refractivity contribution in [2.45, 2.75) is 25.2 Å². The summed E-state index contributed by atoms with van der Waals surface area (Å²) in [6, 6.07) is -1.11. The molecule has 0 aromatic carbocycles. The summed E-state index contributed by atoms with van der Waals surface area (Å²) in [7, 11) is 1.57. The van der Waals surface area contributed by atoms with E-state index in [0.29, 0.717) is 16.8 Å². The van der Waals surface area contributed by atoms with E-state index in [1.165, 1.54) is 0 Å². The van der Waals surface area contributed by atoms with Crippen molar-refractivity contribution in [2.75, 3.05) is 12.4 Å². The summed E-state index contributed by atoms with van der Waals surface area (Å²) in [5.74, 6) is -1.36. The number of halogens is 3. The molecule has 1 aliphatic rings. The number of carbonyl (C=O) groups is 2. The SMILES string of the molecule is CNc1snnc1CN1C(=O)NC(C)(C(F)(F)F)C1=O. The summed E-state index contributed by atoms with van der Waals surface area (Å²) in [5.41, 5.74) is -2.68. The number of urea groups is 1. The van der Waals surface area contributed by atoms with Crippen LogP contribution in [0.1, 0.15) is 12.6 Å². The molecule has 1 fully saturated rings. The van der Waals surface area contributed by atoms with Crippen LogP contribution in [-0.2, 0) is 11.3 Å². The van der Waals surface area contributed by atoms with Gasteiger partial charge in [-0.15, -0.1) is 5.10 Å². The third kappa shape index (κ3) is 2.07. The normalized spacial score (nSPS) is 23.1. The van der Waals surface area contributed by atoms with Gasteiger partial charge in [-0.2, -0.15) is 13.2 Å². The van der Waals surface area contributed by atoms with Crippen molar-refractivity contribution in [3.05, 3.63) is 5.69 Å². The molecule has 110 valence electrons. The fourth-order valence-electron chi connectivity index (χ4n) is 1.68. The number of aromatic nitrogens is 2. The van der Waals surface area contributed by atoms with E-state index in [9.17, 15) is 22.8 Å². The average molecular weight is 309 g/mol. The molecule has 0 aliphatic carbocycles. The quantitative estimate of drug-likeness (QED) is 0.812. The first-order valence-corrected chi connectivity index (χ1v) is 6.18. The number of hydrogen-bond donors (Lipinski definition) is 2. The maximum absolute atomic E-state index is 12.9. The molecular weight excluding hydrogens is 299 g/mol. The fourth-order valence-corrected chi connectivity index (χ4v) is 2.21. The maximum atomic E-state index is 12.9. The van der Waals surface area contributed by atoms with Gasteiger partial charge in [-0.05, 0) is 6.92 Å². The highest BCUT2D eigenvalue weighted by molar-refractivity contribution is 7.10. The minimum atomic E-state index is -4.87. The molecule has 20 heavy (non-hydrogen) atoms. The molecular formula is C9H10F3N5O2S. The van der Waals surface area contributed by atoms with Crippen molar-refractivity contribution in [1.29, 1.82) is 0 Å². The van der Waals surface area contributed by atoms with Crippen LogP contribution >= 0.6 is 11.5 Å². The molecule has 1 aliphatic heterocycles. The number of alkyl halides is 3. The molecule has 0 bridgehead atoms. The van der Waals surface area contributed by atoms with Crippen molar-refractivity contribution < 1.29 is 22.8 Å². The zero-order valence-corrected chi connectivity index (χ0v) is 11.2. The van der Waals surface area contributed by atoms with Crippen LogP contribution in [0, 0.1) is 0 Å². The molecule has 2 rings (SSSR count). The first-order chi connectivity index (χ1) is 9.20. The number of amides is 3. The molecule has 11 heteroatoms. The lowest BCUT2D eigenvalue weighted by atomic mass is 10.0. The minimum absolute atomic E-state index is 0.229. The summed E-state index contributed by atoms with van der Waals surface area (Å²) in [5, 5.41) is 8.56. The molecule has 1 aromatic heterocycles. The largest absolute Gasteiger partial charge is 0.420 e. The van der Waals surface area contributed by atoms with Gasteiger partial charge in [-0.25, -0.2) is 4.79 Å². The number of anilines is 1. The van der Waals surface area contributed by atoms with Crippen LogP contribution in [0.4, 0.5) is 23.0 Å². The van der Waals surface area contributed by atoms with E-state index >= 15 is 0 Å². The van der Waals surface area contributed by atoms with Gasteiger partial charge in [0.05, 0.1) is 6.54 Å². The van der Waals surface area contributed by atoms with Crippen LogP contribution in [0.15, 0.2) is 0 Å². The number of carbonyl (C=O) groups excluding carboxylic acids is 2. The van der Waals surface area contributed by atoms with E-state index in [1.807, 2.05) is 0 Å². The second-order valence-electron chi connectivity index (χ2n) is 4.24. The molecule has 7 nitrogen and oxygen atoms in total. The molecule has 1 saturated heterocycles. The molecule has 1 unspecified atom stereocenters. The monoisotopic (exact) mass is 309 g/mol. The smallest absolute Gasteiger partial charge is 0.377 e. The summed E-state index contributed by atoms with van der Waals surface area (Å²) in [4.78, 5) is 23.9. The number of imide groups is 1. The lowest BCUT2D eigenvalue weighted by molar-refractivity contribution is -0.191. The van der Waals surface area contributed by atoms with Crippen molar-refractivity contribution in [2.24, 2.45) is 0 Å². The predicted octanol–water partition coefficient (Wildman–Crippen LogP) is 0.953. The standard InChI is InChI=1S/C9H10F3N5O2S/c1-8(9(10,11)12)6(18)17(7(19)14-8)3-4-5(13-2)20-16-15-4/h13H,3H2,1-2H3,(H,14,19). The van der Waals surface area contributed by atoms with Crippen molar-refractivity contribution >= 4 is 28.5 Å². The van der Waals surface area contributed by atoms with Gasteiger partial charge in [0, 0.05) is 18.6 Å². The Bertz CT molecular complexity index is 560. The van der Waals surface area contributed by atoms with Crippen LogP contribution in [0.2, 0.25) is 0 Å². The van der Waals surface area contributed by atoms with Gasteiger partial charge in [-0.1, -0.05) is 4.49 Å². The van der Waals surface area contributed by atoms with Gasteiger partial charge in [0.15, 0.2) is 0 Å². The van der Waals surface area contributed by atoms with E-state index in [4.69, 9.17) is 0 Å². The third-order valence-electron chi connectivity index (χ3n) is 2.93. The lowest BCUT2D eigenvalue weighted by Gasteiger charge is -2.24. The predicted molar refractivity (Wildman–Crippen MR) is 63.0 cm³/mol. The molecule has 1 aromatic rings. The fraction of sp³-hybridized carbons (Fsp3) is 0.556. The maximum Gasteiger partial charge on any atom is 0.420 e. The first-order valence-electron chi connectivity index (χ1n) is 5.40. The van der Waals surface area contributed by atoms with Gasteiger partial charge in [-0.3, -0.25) is 9.69 Å². The van der Waals surface area contributed by atoms with Gasteiger partial charge in [0.1, 0.15) is 10.7 Å². The van der Waals surface area contributed by atoms with Gasteiger partial charge >= 0.3 is 12.2 Å². The van der Waals surface area contributed by atoms with Crippen molar-refractivity contribution in [1.82, 2.24) is 19.8 Å². The van der Waals surface area contributed by atoms with Gasteiger partial charge < -0.3 is 10.6 Å². The highest BCUT2D eigenvalue weighted by Crippen LogP contribution is 2.36. The second-order valence-corrected chi connectivity index (χ2v) is 5.00. The Hall–Kier alpha value is -1.91. The lowest BCUT2D eigenvalue weighted by Crippen LogP contribution is -2.56. The van der Waals surface area contributed by atoms with Crippen LogP contribution in [0.3, 0.4) is 0 Å². The highest BCUT2D eigenvalue weighted by atomic mass is 32.1.